The van der Waals surface area contributed by atoms with Crippen LogP contribution in [-0.4, -0.2) is 16.0 Å². The van der Waals surface area contributed by atoms with E-state index in [0.29, 0.717) is 11.3 Å². The van der Waals surface area contributed by atoms with Gasteiger partial charge in [0.15, 0.2) is 5.60 Å². The number of hydrogen-bond donors (Lipinski definition) is 2. The average molecular weight is 244 g/mol. The molecule has 18 heavy (non-hydrogen) atoms. The van der Waals surface area contributed by atoms with Crippen LogP contribution in [0.4, 0.5) is 10.1 Å². The summed E-state index contributed by atoms with van der Waals surface area (Å²) < 4.78 is 13.8. The molecule has 0 saturated heterocycles. The Kier molecular flexibility index (Phi) is 2.18. The molecule has 0 saturated carbocycles. The van der Waals surface area contributed by atoms with Crippen LogP contribution in [0.1, 0.15) is 11.1 Å². The SMILES string of the molecule is O=C1Nc2ccccc2C1(O)c1ccncc1F. The normalized spacial score (nSPS) is 21.6. The molecular weight excluding hydrogens is 235 g/mol. The number of carbonyl (C=O) groups excluding carboxylic acids is 1. The Hall–Kier alpha value is -2.27. The van der Waals surface area contributed by atoms with Gasteiger partial charge in [-0.25, -0.2) is 4.39 Å². The molecule has 5 heteroatoms. The zero-order valence-electron chi connectivity index (χ0n) is 9.22. The van der Waals surface area contributed by atoms with Crippen molar-refractivity contribution in [2.24, 2.45) is 0 Å². The zero-order valence-corrected chi connectivity index (χ0v) is 9.22. The van der Waals surface area contributed by atoms with Crippen LogP contribution in [0.2, 0.25) is 0 Å². The molecule has 0 radical (unpaired) electrons. The van der Waals surface area contributed by atoms with Gasteiger partial charge < -0.3 is 10.4 Å². The Morgan fingerprint density at radius 2 is 2.00 bits per heavy atom. The van der Waals surface area contributed by atoms with Crippen molar-refractivity contribution in [3.63, 3.8) is 0 Å². The van der Waals surface area contributed by atoms with E-state index >= 15 is 0 Å². The number of aromatic nitrogens is 1. The van der Waals surface area contributed by atoms with Crippen molar-refractivity contribution in [3.8, 4) is 0 Å². The van der Waals surface area contributed by atoms with E-state index in [9.17, 15) is 14.3 Å². The number of halogens is 1. The first-order valence-electron chi connectivity index (χ1n) is 5.37. The Morgan fingerprint density at radius 1 is 1.22 bits per heavy atom. The molecular formula is C13H9FN2O2. The summed E-state index contributed by atoms with van der Waals surface area (Å²) in [6.45, 7) is 0. The average Bonchev–Trinajstić information content (AvgIpc) is 2.63. The van der Waals surface area contributed by atoms with Gasteiger partial charge in [0.1, 0.15) is 5.82 Å². The maximum Gasteiger partial charge on any atom is 0.265 e. The fourth-order valence-electron chi connectivity index (χ4n) is 2.18. The highest BCUT2D eigenvalue weighted by molar-refractivity contribution is 6.07. The largest absolute Gasteiger partial charge is 0.372 e. The minimum absolute atomic E-state index is 0.0973. The lowest BCUT2D eigenvalue weighted by Crippen LogP contribution is -2.36. The second-order valence-electron chi connectivity index (χ2n) is 4.07. The van der Waals surface area contributed by atoms with Crippen molar-refractivity contribution < 1.29 is 14.3 Å². The van der Waals surface area contributed by atoms with Crippen LogP contribution in [-0.2, 0) is 10.4 Å². The predicted molar refractivity (Wildman–Crippen MR) is 62.3 cm³/mol. The van der Waals surface area contributed by atoms with Gasteiger partial charge in [0.05, 0.1) is 6.20 Å². The van der Waals surface area contributed by atoms with E-state index in [2.05, 4.69) is 10.3 Å². The van der Waals surface area contributed by atoms with Crippen molar-refractivity contribution in [3.05, 3.63) is 59.7 Å². The number of amides is 1. The van der Waals surface area contributed by atoms with Gasteiger partial charge in [0.2, 0.25) is 0 Å². The molecule has 2 aromatic rings. The highest BCUT2D eigenvalue weighted by Crippen LogP contribution is 2.41. The topological polar surface area (TPSA) is 62.2 Å². The summed E-state index contributed by atoms with van der Waals surface area (Å²) in [5.74, 6) is -1.37. The third-order valence-electron chi connectivity index (χ3n) is 3.06. The fourth-order valence-corrected chi connectivity index (χ4v) is 2.18. The highest BCUT2D eigenvalue weighted by atomic mass is 19.1. The Bertz CT molecular complexity index is 644. The highest BCUT2D eigenvalue weighted by Gasteiger charge is 2.48. The summed E-state index contributed by atoms with van der Waals surface area (Å²) >= 11 is 0. The number of pyridine rings is 1. The Morgan fingerprint density at radius 3 is 2.78 bits per heavy atom. The van der Waals surface area contributed by atoms with E-state index in [-0.39, 0.29) is 5.56 Å². The summed E-state index contributed by atoms with van der Waals surface area (Å²) in [7, 11) is 0. The maximum absolute atomic E-state index is 13.8. The van der Waals surface area contributed by atoms with Crippen molar-refractivity contribution in [2.75, 3.05) is 5.32 Å². The number of rotatable bonds is 1. The molecule has 3 rings (SSSR count). The van der Waals surface area contributed by atoms with Gasteiger partial charge in [-0.1, -0.05) is 18.2 Å². The molecule has 0 spiro atoms. The van der Waals surface area contributed by atoms with Gasteiger partial charge in [-0.2, -0.15) is 0 Å². The molecule has 1 aromatic heterocycles. The van der Waals surface area contributed by atoms with Crippen LogP contribution >= 0.6 is 0 Å². The third kappa shape index (κ3) is 1.28. The number of benzene rings is 1. The molecule has 0 fully saturated rings. The lowest BCUT2D eigenvalue weighted by molar-refractivity contribution is -0.129. The summed E-state index contributed by atoms with van der Waals surface area (Å²) in [5.41, 5.74) is -1.26. The number of carbonyl (C=O) groups is 1. The number of hydrogen-bond acceptors (Lipinski definition) is 3. The molecule has 0 aliphatic carbocycles. The van der Waals surface area contributed by atoms with Crippen LogP contribution in [0.25, 0.3) is 0 Å². The molecule has 1 unspecified atom stereocenters. The summed E-state index contributed by atoms with van der Waals surface area (Å²) in [5, 5.41) is 13.1. The van der Waals surface area contributed by atoms with Crippen molar-refractivity contribution in [1.82, 2.24) is 4.98 Å². The van der Waals surface area contributed by atoms with Crippen LogP contribution < -0.4 is 5.32 Å². The van der Waals surface area contributed by atoms with E-state index in [0.717, 1.165) is 6.20 Å². The summed E-state index contributed by atoms with van der Waals surface area (Å²) in [6.07, 6.45) is 2.31. The maximum atomic E-state index is 13.8. The number of nitrogens with zero attached hydrogens (tertiary/aromatic N) is 1. The standard InChI is InChI=1S/C13H9FN2O2/c14-10-7-15-6-5-8(10)13(18)9-3-1-2-4-11(9)16-12(13)17/h1-7,18H,(H,16,17). The minimum atomic E-state index is -2.00. The molecule has 4 nitrogen and oxygen atoms in total. The van der Waals surface area contributed by atoms with Gasteiger partial charge >= 0.3 is 0 Å². The second-order valence-corrected chi connectivity index (χ2v) is 4.07. The van der Waals surface area contributed by atoms with Crippen molar-refractivity contribution >= 4 is 11.6 Å². The molecule has 0 bridgehead atoms. The number of aliphatic hydroxyl groups is 1. The quantitative estimate of drug-likeness (QED) is 0.797. The van der Waals surface area contributed by atoms with Gasteiger partial charge in [-0.15, -0.1) is 0 Å². The molecule has 1 aliphatic rings. The Labute approximate surface area is 102 Å². The summed E-state index contributed by atoms with van der Waals surface area (Å²) in [6, 6.07) is 7.96. The zero-order chi connectivity index (χ0) is 12.8. The van der Waals surface area contributed by atoms with Crippen LogP contribution in [0.3, 0.4) is 0 Å². The number of nitrogens with one attached hydrogen (secondary N) is 1. The van der Waals surface area contributed by atoms with Crippen LogP contribution in [0.15, 0.2) is 42.7 Å². The minimum Gasteiger partial charge on any atom is -0.372 e. The predicted octanol–water partition coefficient (Wildman–Crippen LogP) is 1.41. The van der Waals surface area contributed by atoms with E-state index in [1.807, 2.05) is 0 Å². The molecule has 1 aliphatic heterocycles. The van der Waals surface area contributed by atoms with Gasteiger partial charge in [-0.3, -0.25) is 9.78 Å². The number of anilines is 1. The first kappa shape index (κ1) is 10.9. The lowest BCUT2D eigenvalue weighted by Gasteiger charge is -2.21. The van der Waals surface area contributed by atoms with Crippen molar-refractivity contribution in [1.29, 1.82) is 0 Å². The van der Waals surface area contributed by atoms with Crippen LogP contribution in [0.5, 0.6) is 0 Å². The first-order valence-corrected chi connectivity index (χ1v) is 5.37. The van der Waals surface area contributed by atoms with Crippen molar-refractivity contribution in [2.45, 2.75) is 5.60 Å². The molecule has 90 valence electrons. The van der Waals surface area contributed by atoms with Gasteiger partial charge in [0.25, 0.3) is 5.91 Å². The molecule has 1 amide bonds. The van der Waals surface area contributed by atoms with Gasteiger partial charge in [0, 0.05) is 23.0 Å². The van der Waals surface area contributed by atoms with E-state index in [1.165, 1.54) is 12.3 Å². The number of para-hydroxylation sites is 1. The van der Waals surface area contributed by atoms with Gasteiger partial charge in [-0.05, 0) is 12.1 Å². The Balaban J connectivity index is 2.27. The molecule has 1 aromatic carbocycles. The lowest BCUT2D eigenvalue weighted by atomic mass is 9.88. The van der Waals surface area contributed by atoms with E-state index < -0.39 is 17.3 Å². The second kappa shape index (κ2) is 3.61. The molecule has 2 N–H and O–H groups in total. The monoisotopic (exact) mass is 244 g/mol. The molecule has 1 atom stereocenters. The summed E-state index contributed by atoms with van der Waals surface area (Å²) in [4.78, 5) is 15.6. The smallest absolute Gasteiger partial charge is 0.265 e. The first-order chi connectivity index (χ1) is 8.64. The van der Waals surface area contributed by atoms with E-state index in [4.69, 9.17) is 0 Å². The van der Waals surface area contributed by atoms with E-state index in [1.54, 1.807) is 24.3 Å². The van der Waals surface area contributed by atoms with Crippen LogP contribution in [0, 0.1) is 5.82 Å². The number of fused-ring (bicyclic) bond motifs is 1. The molecule has 2 heterocycles. The fraction of sp³-hybridized carbons (Fsp3) is 0.0769. The third-order valence-corrected chi connectivity index (χ3v) is 3.06.